The Kier molecular flexibility index (Phi) is 7.57. The number of anilines is 2. The number of methoxy groups -OCH3 is 1. The van der Waals surface area contributed by atoms with E-state index in [0.717, 1.165) is 43.8 Å². The summed E-state index contributed by atoms with van der Waals surface area (Å²) in [6, 6.07) is 12.9. The minimum Gasteiger partial charge on any atom is -0.464 e. The van der Waals surface area contributed by atoms with Gasteiger partial charge in [0, 0.05) is 49.9 Å². The predicted octanol–water partition coefficient (Wildman–Crippen LogP) is 2.75. The highest BCUT2D eigenvalue weighted by Gasteiger charge is 2.15. The molecule has 0 radical (unpaired) electrons. The average molecular weight is 515 g/mol. The molecule has 1 fully saturated rings. The van der Waals surface area contributed by atoms with E-state index in [2.05, 4.69) is 47.4 Å². The third kappa shape index (κ3) is 6.13. The van der Waals surface area contributed by atoms with Gasteiger partial charge in [0.2, 0.25) is 0 Å². The number of hydrogen-bond donors (Lipinski definition) is 3. The van der Waals surface area contributed by atoms with E-state index < -0.39 is 5.97 Å². The molecule has 0 unspecified atom stereocenters. The van der Waals surface area contributed by atoms with Gasteiger partial charge < -0.3 is 25.3 Å². The number of hydrogen-bond acceptors (Lipinski definition) is 9. The number of piperazine rings is 1. The second kappa shape index (κ2) is 11.4. The molecule has 0 saturated carbocycles. The Morgan fingerprint density at radius 2 is 1.84 bits per heavy atom. The molecular weight excluding hydrogens is 484 g/mol. The lowest BCUT2D eigenvalue weighted by Gasteiger charge is -2.32. The Balaban J connectivity index is 1.16. The number of nitrogens with one attached hydrogen (secondary N) is 3. The number of carbonyl (C=O) groups excluding carboxylic acids is 2. The number of aromatic nitrogens is 4. The van der Waals surface area contributed by atoms with Crippen LogP contribution in [0.15, 0.2) is 54.9 Å². The van der Waals surface area contributed by atoms with E-state index in [0.29, 0.717) is 35.1 Å². The van der Waals surface area contributed by atoms with Crippen LogP contribution in [0.5, 0.6) is 0 Å². The number of fused-ring (bicyclic) bond motifs is 1. The number of esters is 1. The number of benzene rings is 1. The van der Waals surface area contributed by atoms with Crippen molar-refractivity contribution in [3.63, 3.8) is 0 Å². The van der Waals surface area contributed by atoms with Crippen molar-refractivity contribution in [2.24, 2.45) is 0 Å². The normalized spacial score (nSPS) is 14.4. The van der Waals surface area contributed by atoms with Crippen LogP contribution >= 0.6 is 0 Å². The van der Waals surface area contributed by atoms with Crippen molar-refractivity contribution in [1.82, 2.24) is 29.7 Å². The van der Waals surface area contributed by atoms with E-state index in [1.165, 1.54) is 12.7 Å². The summed E-state index contributed by atoms with van der Waals surface area (Å²) in [6.07, 6.45) is 3.26. The fraction of sp³-hybridized carbons (Fsp3) is 0.296. The van der Waals surface area contributed by atoms with Gasteiger partial charge in [0.25, 0.3) is 5.91 Å². The largest absolute Gasteiger partial charge is 0.464 e. The van der Waals surface area contributed by atoms with Crippen LogP contribution in [0.2, 0.25) is 0 Å². The van der Waals surface area contributed by atoms with Gasteiger partial charge in [-0.25, -0.2) is 19.7 Å². The van der Waals surface area contributed by atoms with Gasteiger partial charge >= 0.3 is 5.97 Å². The fourth-order valence-electron chi connectivity index (χ4n) is 4.28. The molecule has 1 aliphatic rings. The van der Waals surface area contributed by atoms with Gasteiger partial charge in [-0.3, -0.25) is 9.69 Å². The van der Waals surface area contributed by atoms with Crippen LogP contribution < -0.4 is 10.6 Å². The molecule has 0 spiro atoms. The molecule has 0 atom stereocenters. The molecule has 3 aromatic heterocycles. The summed E-state index contributed by atoms with van der Waals surface area (Å²) in [5, 5.41) is 6.84. The monoisotopic (exact) mass is 514 g/mol. The second-order valence-electron chi connectivity index (χ2n) is 9.28. The van der Waals surface area contributed by atoms with Crippen molar-refractivity contribution in [2.45, 2.75) is 13.1 Å². The summed E-state index contributed by atoms with van der Waals surface area (Å²) in [6.45, 7) is 5.47. The van der Waals surface area contributed by atoms with Crippen LogP contribution in [-0.2, 0) is 17.8 Å². The van der Waals surface area contributed by atoms with Crippen LogP contribution in [0.25, 0.3) is 11.0 Å². The van der Waals surface area contributed by atoms with Crippen LogP contribution in [-0.4, -0.2) is 81.9 Å². The van der Waals surface area contributed by atoms with Crippen molar-refractivity contribution in [2.75, 3.05) is 51.0 Å². The van der Waals surface area contributed by atoms with Gasteiger partial charge in [0.1, 0.15) is 23.0 Å². The Bertz CT molecular complexity index is 1430. The van der Waals surface area contributed by atoms with E-state index in [-0.39, 0.29) is 5.91 Å². The molecule has 0 aliphatic carbocycles. The first-order valence-corrected chi connectivity index (χ1v) is 12.4. The maximum Gasteiger partial charge on any atom is 0.354 e. The molecule has 11 heteroatoms. The number of amides is 1. The van der Waals surface area contributed by atoms with Crippen molar-refractivity contribution in [1.29, 1.82) is 0 Å². The molecule has 1 aromatic carbocycles. The van der Waals surface area contributed by atoms with Gasteiger partial charge in [-0.2, -0.15) is 0 Å². The number of rotatable bonds is 8. The first kappa shape index (κ1) is 25.3. The van der Waals surface area contributed by atoms with Gasteiger partial charge in [-0.05, 0) is 42.9 Å². The molecule has 3 N–H and O–H groups in total. The van der Waals surface area contributed by atoms with E-state index in [4.69, 9.17) is 4.74 Å². The number of pyridine rings is 1. The molecule has 4 aromatic rings. The predicted molar refractivity (Wildman–Crippen MR) is 144 cm³/mol. The first-order chi connectivity index (χ1) is 18.5. The van der Waals surface area contributed by atoms with Gasteiger partial charge in [-0.15, -0.1) is 0 Å². The maximum atomic E-state index is 12.8. The first-order valence-electron chi connectivity index (χ1n) is 12.4. The number of ether oxygens (including phenoxy) is 1. The molecule has 5 rings (SSSR count). The average Bonchev–Trinajstić information content (AvgIpc) is 3.37. The van der Waals surface area contributed by atoms with Crippen LogP contribution in [0, 0.1) is 0 Å². The van der Waals surface area contributed by atoms with Crippen LogP contribution in [0.1, 0.15) is 32.2 Å². The fourth-order valence-corrected chi connectivity index (χ4v) is 4.28. The van der Waals surface area contributed by atoms with Crippen molar-refractivity contribution >= 4 is 34.4 Å². The van der Waals surface area contributed by atoms with Gasteiger partial charge in [0.15, 0.2) is 0 Å². The van der Waals surface area contributed by atoms with E-state index in [9.17, 15) is 9.59 Å². The number of aromatic amines is 1. The van der Waals surface area contributed by atoms with Gasteiger partial charge in [0.05, 0.1) is 25.5 Å². The minimum absolute atomic E-state index is 0.225. The van der Waals surface area contributed by atoms with E-state index in [1.54, 1.807) is 24.5 Å². The second-order valence-corrected chi connectivity index (χ2v) is 9.28. The summed E-state index contributed by atoms with van der Waals surface area (Å²) in [7, 11) is 3.48. The molecule has 4 heterocycles. The molecule has 0 bridgehead atoms. The zero-order valence-corrected chi connectivity index (χ0v) is 21.4. The molecule has 196 valence electrons. The van der Waals surface area contributed by atoms with E-state index >= 15 is 0 Å². The number of nitrogens with zero attached hydrogens (tertiary/aromatic N) is 5. The molecule has 1 amide bonds. The maximum absolute atomic E-state index is 12.8. The molecule has 11 nitrogen and oxygen atoms in total. The van der Waals surface area contributed by atoms with Gasteiger partial charge in [-0.1, -0.05) is 12.1 Å². The minimum atomic E-state index is -0.452. The Morgan fingerprint density at radius 3 is 2.61 bits per heavy atom. The zero-order chi connectivity index (χ0) is 26.5. The highest BCUT2D eigenvalue weighted by Crippen LogP contribution is 2.19. The highest BCUT2D eigenvalue weighted by molar-refractivity contribution is 6.03. The van der Waals surface area contributed by atoms with Crippen molar-refractivity contribution in [3.05, 3.63) is 77.5 Å². The summed E-state index contributed by atoms with van der Waals surface area (Å²) in [5.41, 5.74) is 3.42. The lowest BCUT2D eigenvalue weighted by Crippen LogP contribution is -2.43. The third-order valence-electron chi connectivity index (χ3n) is 6.49. The standard InChI is InChI=1S/C27H30N8O3/c1-34-9-11-35(12-10-34)17-18-3-5-19(6-4-18)26(36)33-23-7-8-28-24(32-23)16-29-21-13-20-14-22(27(37)38-2)31-25(20)30-15-21/h3-8,13-15,29H,9-12,16-17H2,1-2H3,(H,30,31)(H,28,32,33,36). The SMILES string of the molecule is COC(=O)c1cc2cc(NCc3nccc(NC(=O)c4ccc(CN5CCN(C)CC5)cc4)n3)cnc2[nH]1. The lowest BCUT2D eigenvalue weighted by molar-refractivity contribution is 0.0595. The Labute approximate surface area is 220 Å². The summed E-state index contributed by atoms with van der Waals surface area (Å²) in [5.74, 6) is 0.253. The zero-order valence-electron chi connectivity index (χ0n) is 21.4. The Hall–Kier alpha value is -4.35. The summed E-state index contributed by atoms with van der Waals surface area (Å²) < 4.78 is 4.74. The quantitative estimate of drug-likeness (QED) is 0.304. The third-order valence-corrected chi connectivity index (χ3v) is 6.49. The van der Waals surface area contributed by atoms with E-state index in [1.807, 2.05) is 30.3 Å². The summed E-state index contributed by atoms with van der Waals surface area (Å²) >= 11 is 0. The van der Waals surface area contributed by atoms with Crippen molar-refractivity contribution in [3.8, 4) is 0 Å². The van der Waals surface area contributed by atoms with Crippen LogP contribution in [0.3, 0.4) is 0 Å². The number of carbonyl (C=O) groups is 2. The Morgan fingerprint density at radius 1 is 1.05 bits per heavy atom. The topological polar surface area (TPSA) is 128 Å². The van der Waals surface area contributed by atoms with Crippen LogP contribution in [0.4, 0.5) is 11.5 Å². The smallest absolute Gasteiger partial charge is 0.354 e. The number of H-pyrrole nitrogens is 1. The highest BCUT2D eigenvalue weighted by atomic mass is 16.5. The van der Waals surface area contributed by atoms with Crippen molar-refractivity contribution < 1.29 is 14.3 Å². The lowest BCUT2D eigenvalue weighted by atomic mass is 10.1. The molecular formula is C27H30N8O3. The molecule has 38 heavy (non-hydrogen) atoms. The molecule has 1 aliphatic heterocycles. The molecule has 1 saturated heterocycles. The number of likely N-dealkylation sites (N-methyl/N-ethyl adjacent to an activating group) is 1. The summed E-state index contributed by atoms with van der Waals surface area (Å²) in [4.78, 5) is 45.3.